The molecular weight excluding hydrogens is 316 g/mol. The van der Waals surface area contributed by atoms with Crippen LogP contribution >= 0.6 is 0 Å². The van der Waals surface area contributed by atoms with Crippen LogP contribution in [0.2, 0.25) is 0 Å². The highest BCUT2D eigenvalue weighted by Gasteiger charge is 2.28. The zero-order chi connectivity index (χ0) is 17.6. The van der Waals surface area contributed by atoms with Gasteiger partial charge in [0.25, 0.3) is 5.91 Å². The Morgan fingerprint density at radius 1 is 1.28 bits per heavy atom. The predicted octanol–water partition coefficient (Wildman–Crippen LogP) is 3.09. The van der Waals surface area contributed by atoms with Crippen molar-refractivity contribution in [1.82, 2.24) is 9.80 Å². The molecule has 0 radical (unpaired) electrons. The van der Waals surface area contributed by atoms with Crippen molar-refractivity contribution in [3.05, 3.63) is 54.0 Å². The molecule has 0 N–H and O–H groups in total. The van der Waals surface area contributed by atoms with Crippen molar-refractivity contribution < 1.29 is 13.9 Å². The second-order valence-corrected chi connectivity index (χ2v) is 6.74. The van der Waals surface area contributed by atoms with Crippen LogP contribution in [-0.4, -0.2) is 48.5 Å². The lowest BCUT2D eigenvalue weighted by molar-refractivity contribution is -0.137. The van der Waals surface area contributed by atoms with E-state index in [1.165, 1.54) is 0 Å². The third-order valence-electron chi connectivity index (χ3n) is 4.71. The van der Waals surface area contributed by atoms with E-state index >= 15 is 0 Å². The third kappa shape index (κ3) is 4.86. The molecule has 0 saturated carbocycles. The van der Waals surface area contributed by atoms with Crippen molar-refractivity contribution in [2.75, 3.05) is 26.7 Å². The maximum Gasteiger partial charge on any atom is 0.261 e. The van der Waals surface area contributed by atoms with Gasteiger partial charge < -0.3 is 19.0 Å². The van der Waals surface area contributed by atoms with Gasteiger partial charge in [-0.15, -0.1) is 0 Å². The number of amides is 1. The minimum absolute atomic E-state index is 0.00691. The molecule has 2 heterocycles. The third-order valence-corrected chi connectivity index (χ3v) is 4.71. The Kier molecular flexibility index (Phi) is 5.76. The number of furan rings is 1. The molecule has 3 rings (SSSR count). The van der Waals surface area contributed by atoms with Crippen LogP contribution in [0.15, 0.2) is 47.1 Å². The molecule has 1 amide bonds. The molecule has 0 aliphatic carbocycles. The molecule has 134 valence electrons. The van der Waals surface area contributed by atoms with Crippen LogP contribution in [0.5, 0.6) is 5.75 Å². The lowest BCUT2D eigenvalue weighted by Gasteiger charge is -2.37. The van der Waals surface area contributed by atoms with Crippen molar-refractivity contribution in [1.29, 1.82) is 0 Å². The molecule has 1 aliphatic heterocycles. The summed E-state index contributed by atoms with van der Waals surface area (Å²) in [5, 5.41) is 0. The topological polar surface area (TPSA) is 45.9 Å². The molecule has 5 nitrogen and oxygen atoms in total. The second-order valence-electron chi connectivity index (χ2n) is 6.74. The fourth-order valence-corrected chi connectivity index (χ4v) is 3.23. The normalized spacial score (nSPS) is 15.9. The fourth-order valence-electron chi connectivity index (χ4n) is 3.23. The molecule has 0 spiro atoms. The van der Waals surface area contributed by atoms with Gasteiger partial charge in [0.2, 0.25) is 0 Å². The summed E-state index contributed by atoms with van der Waals surface area (Å²) in [7, 11) is 2.12. The predicted molar refractivity (Wildman–Crippen MR) is 96.5 cm³/mol. The quantitative estimate of drug-likeness (QED) is 0.809. The van der Waals surface area contributed by atoms with E-state index in [1.807, 2.05) is 48.2 Å². The van der Waals surface area contributed by atoms with Crippen molar-refractivity contribution in [2.45, 2.75) is 32.4 Å². The van der Waals surface area contributed by atoms with Crippen molar-refractivity contribution in [3.8, 4) is 5.75 Å². The van der Waals surface area contributed by atoms with Gasteiger partial charge in [0, 0.05) is 6.04 Å². The van der Waals surface area contributed by atoms with Gasteiger partial charge in [-0.05, 0) is 69.7 Å². The number of ether oxygens (including phenoxy) is 1. The number of rotatable bonds is 6. The highest BCUT2D eigenvalue weighted by molar-refractivity contribution is 5.78. The Morgan fingerprint density at radius 2 is 2.08 bits per heavy atom. The van der Waals surface area contributed by atoms with Crippen LogP contribution in [0.25, 0.3) is 0 Å². The van der Waals surface area contributed by atoms with Gasteiger partial charge in [-0.1, -0.05) is 12.1 Å². The molecule has 25 heavy (non-hydrogen) atoms. The van der Waals surface area contributed by atoms with Gasteiger partial charge >= 0.3 is 0 Å². The van der Waals surface area contributed by atoms with E-state index in [2.05, 4.69) is 11.9 Å². The standard InChI is InChI=1S/C20H26N2O3/c1-16-5-3-6-18(13-16)25-15-20(23)22(14-19-7-4-12-24-19)17-8-10-21(2)11-9-17/h3-7,12-13,17H,8-11,14-15H2,1-2H3. The number of likely N-dealkylation sites (tertiary alicyclic amines) is 1. The van der Waals surface area contributed by atoms with Crippen LogP contribution < -0.4 is 4.74 Å². The minimum atomic E-state index is 0.00691. The summed E-state index contributed by atoms with van der Waals surface area (Å²) in [4.78, 5) is 17.1. The molecule has 1 aliphatic rings. The van der Waals surface area contributed by atoms with E-state index in [0.29, 0.717) is 6.54 Å². The highest BCUT2D eigenvalue weighted by atomic mass is 16.5. The van der Waals surface area contributed by atoms with E-state index in [0.717, 1.165) is 43.0 Å². The summed E-state index contributed by atoms with van der Waals surface area (Å²) in [6.45, 7) is 4.57. The molecule has 5 heteroatoms. The fraction of sp³-hybridized carbons (Fsp3) is 0.450. The van der Waals surface area contributed by atoms with E-state index in [-0.39, 0.29) is 18.6 Å². The SMILES string of the molecule is Cc1cccc(OCC(=O)N(Cc2ccco2)C2CCN(C)CC2)c1. The van der Waals surface area contributed by atoms with Gasteiger partial charge in [0.05, 0.1) is 12.8 Å². The Hall–Kier alpha value is -2.27. The number of carbonyl (C=O) groups excluding carboxylic acids is 1. The summed E-state index contributed by atoms with van der Waals surface area (Å²) in [5.74, 6) is 1.55. The van der Waals surface area contributed by atoms with Gasteiger partial charge in [0.1, 0.15) is 11.5 Å². The summed E-state index contributed by atoms with van der Waals surface area (Å²) in [6, 6.07) is 11.8. The first kappa shape index (κ1) is 17.5. The van der Waals surface area contributed by atoms with Gasteiger partial charge in [-0.3, -0.25) is 4.79 Å². The molecule has 1 aromatic carbocycles. The number of hydrogen-bond donors (Lipinski definition) is 0. The summed E-state index contributed by atoms with van der Waals surface area (Å²) in [5.41, 5.74) is 1.12. The van der Waals surface area contributed by atoms with Crippen molar-refractivity contribution in [2.24, 2.45) is 0 Å². The molecule has 1 aromatic heterocycles. The molecule has 0 bridgehead atoms. The lowest BCUT2D eigenvalue weighted by Crippen LogP contribution is -2.47. The molecule has 1 fully saturated rings. The van der Waals surface area contributed by atoms with Crippen LogP contribution in [0, 0.1) is 6.92 Å². The van der Waals surface area contributed by atoms with E-state index in [9.17, 15) is 4.79 Å². The number of nitrogens with zero attached hydrogens (tertiary/aromatic N) is 2. The zero-order valence-corrected chi connectivity index (χ0v) is 15.0. The number of hydrogen-bond acceptors (Lipinski definition) is 4. The van der Waals surface area contributed by atoms with Gasteiger partial charge in [-0.25, -0.2) is 0 Å². The number of benzene rings is 1. The van der Waals surface area contributed by atoms with Crippen LogP contribution in [0.4, 0.5) is 0 Å². The van der Waals surface area contributed by atoms with Crippen molar-refractivity contribution in [3.63, 3.8) is 0 Å². The molecule has 1 saturated heterocycles. The lowest BCUT2D eigenvalue weighted by atomic mass is 10.0. The summed E-state index contributed by atoms with van der Waals surface area (Å²) < 4.78 is 11.2. The van der Waals surface area contributed by atoms with E-state index in [1.54, 1.807) is 6.26 Å². The first-order valence-corrected chi connectivity index (χ1v) is 8.81. The van der Waals surface area contributed by atoms with Crippen LogP contribution in [0.1, 0.15) is 24.2 Å². The van der Waals surface area contributed by atoms with Gasteiger partial charge in [-0.2, -0.15) is 0 Å². The second kappa shape index (κ2) is 8.21. The highest BCUT2D eigenvalue weighted by Crippen LogP contribution is 2.20. The largest absolute Gasteiger partial charge is 0.484 e. The average Bonchev–Trinajstić information content (AvgIpc) is 3.12. The van der Waals surface area contributed by atoms with E-state index in [4.69, 9.17) is 9.15 Å². The smallest absolute Gasteiger partial charge is 0.261 e. The monoisotopic (exact) mass is 342 g/mol. The number of aryl methyl sites for hydroxylation is 1. The average molecular weight is 342 g/mol. The molecular formula is C20H26N2O3. The Bertz CT molecular complexity index is 676. The van der Waals surface area contributed by atoms with Crippen LogP contribution in [-0.2, 0) is 11.3 Å². The summed E-state index contributed by atoms with van der Waals surface area (Å²) in [6.07, 6.45) is 3.61. The Morgan fingerprint density at radius 3 is 2.76 bits per heavy atom. The Balaban J connectivity index is 1.65. The minimum Gasteiger partial charge on any atom is -0.484 e. The molecule has 0 atom stereocenters. The maximum atomic E-state index is 12.9. The first-order chi connectivity index (χ1) is 12.1. The maximum absolute atomic E-state index is 12.9. The number of piperidine rings is 1. The zero-order valence-electron chi connectivity index (χ0n) is 15.0. The molecule has 0 unspecified atom stereocenters. The van der Waals surface area contributed by atoms with Crippen molar-refractivity contribution >= 4 is 5.91 Å². The summed E-state index contributed by atoms with van der Waals surface area (Å²) >= 11 is 0. The first-order valence-electron chi connectivity index (χ1n) is 8.81. The van der Waals surface area contributed by atoms with Crippen LogP contribution in [0.3, 0.4) is 0 Å². The number of carbonyl (C=O) groups is 1. The molecule has 2 aromatic rings. The van der Waals surface area contributed by atoms with E-state index < -0.39 is 0 Å². The van der Waals surface area contributed by atoms with Gasteiger partial charge in [0.15, 0.2) is 6.61 Å². The Labute approximate surface area is 149 Å².